The number of Topliss-reactive ketones (excluding diaryl/α,β-unsaturated/α-hetero) is 1. The molecule has 150 valence electrons. The SMILES string of the molecule is O=C(CCc1ccc(C(F)(F)F)cc1)c1cc(F)ccc1OCc1ccccc1. The third-order valence-corrected chi connectivity index (χ3v) is 4.40. The molecule has 0 aromatic heterocycles. The van der Waals surface area contributed by atoms with Gasteiger partial charge >= 0.3 is 6.18 Å². The van der Waals surface area contributed by atoms with Crippen LogP contribution in [0.1, 0.15) is 33.5 Å². The van der Waals surface area contributed by atoms with Crippen molar-refractivity contribution in [2.45, 2.75) is 25.6 Å². The Morgan fingerprint density at radius 1 is 0.862 bits per heavy atom. The van der Waals surface area contributed by atoms with Crippen LogP contribution in [0.5, 0.6) is 5.75 Å². The van der Waals surface area contributed by atoms with E-state index in [4.69, 9.17) is 4.74 Å². The van der Waals surface area contributed by atoms with Crippen LogP contribution in [0.25, 0.3) is 0 Å². The lowest BCUT2D eigenvalue weighted by Crippen LogP contribution is -2.07. The van der Waals surface area contributed by atoms with Crippen molar-refractivity contribution in [2.24, 2.45) is 0 Å². The normalized spacial score (nSPS) is 11.3. The zero-order chi connectivity index (χ0) is 20.9. The van der Waals surface area contributed by atoms with Crippen LogP contribution in [0.2, 0.25) is 0 Å². The molecule has 3 aromatic carbocycles. The molecule has 0 fully saturated rings. The molecule has 0 saturated heterocycles. The molecule has 0 radical (unpaired) electrons. The highest BCUT2D eigenvalue weighted by molar-refractivity contribution is 5.98. The number of carbonyl (C=O) groups is 1. The summed E-state index contributed by atoms with van der Waals surface area (Å²) in [6.07, 6.45) is -4.14. The highest BCUT2D eigenvalue weighted by Crippen LogP contribution is 2.29. The first kappa shape index (κ1) is 20.6. The first-order chi connectivity index (χ1) is 13.8. The predicted octanol–water partition coefficient (Wildman–Crippen LogP) is 6.24. The molecule has 0 N–H and O–H groups in total. The van der Waals surface area contributed by atoms with Gasteiger partial charge in [-0.05, 0) is 47.9 Å². The number of carbonyl (C=O) groups excluding carboxylic acids is 1. The molecule has 0 amide bonds. The lowest BCUT2D eigenvalue weighted by Gasteiger charge is -2.12. The van der Waals surface area contributed by atoms with Gasteiger partial charge in [-0.3, -0.25) is 4.79 Å². The lowest BCUT2D eigenvalue weighted by atomic mass is 10.0. The van der Waals surface area contributed by atoms with E-state index in [-0.39, 0.29) is 36.5 Å². The molecule has 0 saturated carbocycles. The highest BCUT2D eigenvalue weighted by atomic mass is 19.4. The maximum absolute atomic E-state index is 13.7. The number of benzene rings is 3. The minimum Gasteiger partial charge on any atom is -0.488 e. The second kappa shape index (κ2) is 8.90. The number of halogens is 4. The molecule has 0 aliphatic carbocycles. The van der Waals surface area contributed by atoms with Gasteiger partial charge < -0.3 is 4.74 Å². The van der Waals surface area contributed by atoms with Gasteiger partial charge in [0.25, 0.3) is 0 Å². The minimum absolute atomic E-state index is 0.0243. The zero-order valence-electron chi connectivity index (χ0n) is 15.4. The largest absolute Gasteiger partial charge is 0.488 e. The molecule has 0 spiro atoms. The van der Waals surface area contributed by atoms with E-state index in [0.717, 1.165) is 23.8 Å². The van der Waals surface area contributed by atoms with Gasteiger partial charge in [0.2, 0.25) is 0 Å². The lowest BCUT2D eigenvalue weighted by molar-refractivity contribution is -0.137. The van der Waals surface area contributed by atoms with Crippen LogP contribution in [0, 0.1) is 5.82 Å². The average molecular weight is 402 g/mol. The summed E-state index contributed by atoms with van der Waals surface area (Å²) >= 11 is 0. The number of rotatable bonds is 7. The van der Waals surface area contributed by atoms with Crippen molar-refractivity contribution in [2.75, 3.05) is 0 Å². The summed E-state index contributed by atoms with van der Waals surface area (Å²) in [5.41, 5.74) is 0.872. The van der Waals surface area contributed by atoms with Crippen LogP contribution >= 0.6 is 0 Å². The molecule has 3 aromatic rings. The molecule has 0 aliphatic rings. The maximum Gasteiger partial charge on any atom is 0.416 e. The maximum atomic E-state index is 13.7. The smallest absolute Gasteiger partial charge is 0.416 e. The summed E-state index contributed by atoms with van der Waals surface area (Å²) in [4.78, 5) is 12.6. The quantitative estimate of drug-likeness (QED) is 0.345. The predicted molar refractivity (Wildman–Crippen MR) is 101 cm³/mol. The van der Waals surface area contributed by atoms with Crippen molar-refractivity contribution in [3.63, 3.8) is 0 Å². The molecule has 29 heavy (non-hydrogen) atoms. The minimum atomic E-state index is -4.40. The van der Waals surface area contributed by atoms with Crippen LogP contribution in [0.3, 0.4) is 0 Å². The molecule has 2 nitrogen and oxygen atoms in total. The van der Waals surface area contributed by atoms with E-state index in [0.29, 0.717) is 5.56 Å². The fourth-order valence-electron chi connectivity index (χ4n) is 2.83. The van der Waals surface area contributed by atoms with Gasteiger partial charge in [0, 0.05) is 6.42 Å². The second-order valence-electron chi connectivity index (χ2n) is 6.53. The van der Waals surface area contributed by atoms with Crippen molar-refractivity contribution < 1.29 is 27.1 Å². The van der Waals surface area contributed by atoms with E-state index in [1.54, 1.807) is 0 Å². The number of aryl methyl sites for hydroxylation is 1. The van der Waals surface area contributed by atoms with Gasteiger partial charge in [-0.15, -0.1) is 0 Å². The van der Waals surface area contributed by atoms with Crippen molar-refractivity contribution in [3.05, 3.63) is 101 Å². The Balaban J connectivity index is 1.67. The number of alkyl halides is 3. The summed E-state index contributed by atoms with van der Waals surface area (Å²) in [5.74, 6) is -0.630. The van der Waals surface area contributed by atoms with Gasteiger partial charge in [0.05, 0.1) is 11.1 Å². The van der Waals surface area contributed by atoms with Crippen LogP contribution in [-0.4, -0.2) is 5.78 Å². The fraction of sp³-hybridized carbons (Fsp3) is 0.174. The number of ketones is 1. The molecule has 0 atom stereocenters. The van der Waals surface area contributed by atoms with Gasteiger partial charge in [-0.2, -0.15) is 13.2 Å². The van der Waals surface area contributed by atoms with Crippen LogP contribution in [0.15, 0.2) is 72.8 Å². The van der Waals surface area contributed by atoms with Crippen LogP contribution in [-0.2, 0) is 19.2 Å². The van der Waals surface area contributed by atoms with E-state index in [1.807, 2.05) is 30.3 Å². The Labute approximate surface area is 165 Å². The standard InChI is InChI=1S/C23H18F4O2/c24-19-11-13-22(29-15-17-4-2-1-3-5-17)20(14-19)21(28)12-8-16-6-9-18(10-7-16)23(25,26)27/h1-7,9-11,13-14H,8,12,15H2. The molecule has 0 unspecified atom stereocenters. The Hall–Kier alpha value is -3.15. The fourth-order valence-corrected chi connectivity index (χ4v) is 2.83. The first-order valence-corrected chi connectivity index (χ1v) is 8.98. The van der Waals surface area contributed by atoms with E-state index in [2.05, 4.69) is 0 Å². The molecule has 0 aliphatic heterocycles. The third-order valence-electron chi connectivity index (χ3n) is 4.40. The van der Waals surface area contributed by atoms with Gasteiger partial charge in [-0.25, -0.2) is 4.39 Å². The molecular weight excluding hydrogens is 384 g/mol. The van der Waals surface area contributed by atoms with Gasteiger partial charge in [0.1, 0.15) is 18.2 Å². The van der Waals surface area contributed by atoms with Crippen molar-refractivity contribution in [3.8, 4) is 5.75 Å². The summed E-state index contributed by atoms with van der Waals surface area (Å²) in [5, 5.41) is 0. The summed E-state index contributed by atoms with van der Waals surface area (Å²) in [7, 11) is 0. The van der Waals surface area contributed by atoms with E-state index in [9.17, 15) is 22.4 Å². The summed E-state index contributed by atoms with van der Waals surface area (Å²) in [6, 6.07) is 17.7. The Morgan fingerprint density at radius 3 is 2.21 bits per heavy atom. The highest BCUT2D eigenvalue weighted by Gasteiger charge is 2.29. The van der Waals surface area contributed by atoms with Crippen LogP contribution in [0.4, 0.5) is 17.6 Å². The summed E-state index contributed by atoms with van der Waals surface area (Å²) < 4.78 is 57.3. The number of ether oxygens (including phenoxy) is 1. The monoisotopic (exact) mass is 402 g/mol. The molecule has 0 heterocycles. The molecular formula is C23H18F4O2. The van der Waals surface area contributed by atoms with Gasteiger partial charge in [0.15, 0.2) is 5.78 Å². The van der Waals surface area contributed by atoms with Crippen molar-refractivity contribution >= 4 is 5.78 Å². The number of hydrogen-bond acceptors (Lipinski definition) is 2. The topological polar surface area (TPSA) is 26.3 Å². The molecule has 3 rings (SSSR count). The molecule has 0 bridgehead atoms. The summed E-state index contributed by atoms with van der Waals surface area (Å²) in [6.45, 7) is 0.228. The molecule has 6 heteroatoms. The average Bonchev–Trinajstić information content (AvgIpc) is 2.71. The Morgan fingerprint density at radius 2 is 1.55 bits per heavy atom. The van der Waals surface area contributed by atoms with E-state index in [1.165, 1.54) is 24.3 Å². The van der Waals surface area contributed by atoms with E-state index >= 15 is 0 Å². The third kappa shape index (κ3) is 5.67. The number of hydrogen-bond donors (Lipinski definition) is 0. The van der Waals surface area contributed by atoms with E-state index < -0.39 is 17.6 Å². The Bertz CT molecular complexity index is 964. The van der Waals surface area contributed by atoms with Crippen LogP contribution < -0.4 is 4.74 Å². The first-order valence-electron chi connectivity index (χ1n) is 8.98. The van der Waals surface area contributed by atoms with Crippen molar-refractivity contribution in [1.29, 1.82) is 0 Å². The zero-order valence-corrected chi connectivity index (χ0v) is 15.4. The Kier molecular flexibility index (Phi) is 6.32. The second-order valence-corrected chi connectivity index (χ2v) is 6.53. The van der Waals surface area contributed by atoms with Crippen molar-refractivity contribution in [1.82, 2.24) is 0 Å². The van der Waals surface area contributed by atoms with Gasteiger partial charge in [-0.1, -0.05) is 42.5 Å².